The lowest BCUT2D eigenvalue weighted by Gasteiger charge is -1.86. The predicted octanol–water partition coefficient (Wildman–Crippen LogP) is 0.705. The summed E-state index contributed by atoms with van der Waals surface area (Å²) < 4.78 is 1.42. The van der Waals surface area contributed by atoms with E-state index < -0.39 is 4.92 Å². The highest BCUT2D eigenvalue weighted by Crippen LogP contribution is 2.15. The molecule has 0 aromatic carbocycles. The topological polar surface area (TPSA) is 61.0 Å². The maximum Gasteiger partial charge on any atom is 0.310 e. The lowest BCUT2D eigenvalue weighted by molar-refractivity contribution is -0.385. The fraction of sp³-hybridized carbons (Fsp3) is 0.333. The second kappa shape index (κ2) is 2.69. The molecule has 1 aromatic heterocycles. The third-order valence-electron chi connectivity index (χ3n) is 1.32. The smallest absolute Gasteiger partial charge is 0.268 e. The minimum absolute atomic E-state index is 0.0440. The summed E-state index contributed by atoms with van der Waals surface area (Å²) in [6.07, 6.45) is 1.72. The van der Waals surface area contributed by atoms with Gasteiger partial charge in [-0.3, -0.25) is 14.8 Å². The number of hydrogen-bond acceptors (Lipinski definition) is 3. The Hall–Kier alpha value is -1.39. The molecule has 1 aromatic rings. The van der Waals surface area contributed by atoms with Gasteiger partial charge in [0, 0.05) is 7.05 Å². The highest BCUT2D eigenvalue weighted by molar-refractivity contribution is 5.32. The van der Waals surface area contributed by atoms with E-state index in [1.807, 2.05) is 0 Å². The van der Waals surface area contributed by atoms with Crippen molar-refractivity contribution in [2.24, 2.45) is 7.05 Å². The summed E-state index contributed by atoms with van der Waals surface area (Å²) >= 11 is 0. The number of aromatic nitrogens is 2. The van der Waals surface area contributed by atoms with E-state index >= 15 is 0 Å². The maximum absolute atomic E-state index is 10.3. The van der Waals surface area contributed by atoms with Crippen molar-refractivity contribution >= 4 is 5.69 Å². The zero-order valence-electron chi connectivity index (χ0n) is 6.15. The van der Waals surface area contributed by atoms with Crippen molar-refractivity contribution in [2.45, 2.75) is 6.42 Å². The summed E-state index contributed by atoms with van der Waals surface area (Å²) in [6, 6.07) is 0. The zero-order valence-corrected chi connectivity index (χ0v) is 6.15. The normalized spacial score (nSPS) is 10.0. The van der Waals surface area contributed by atoms with Gasteiger partial charge in [-0.25, -0.2) is 0 Å². The molecule has 0 aliphatic carbocycles. The van der Waals surface area contributed by atoms with Gasteiger partial charge in [0.1, 0.15) is 11.9 Å². The summed E-state index contributed by atoms with van der Waals surface area (Å²) in [5.41, 5.74) is 0.472. The number of nitro groups is 1. The fourth-order valence-corrected chi connectivity index (χ4v) is 0.853. The van der Waals surface area contributed by atoms with E-state index in [0.717, 1.165) is 0 Å². The number of nitrogens with zero attached hydrogens (tertiary/aromatic N) is 3. The first-order valence-corrected chi connectivity index (χ1v) is 3.11. The second-order valence-corrected chi connectivity index (χ2v) is 2.14. The monoisotopic (exact) mass is 154 g/mol. The van der Waals surface area contributed by atoms with E-state index in [1.165, 1.54) is 10.9 Å². The highest BCUT2D eigenvalue weighted by Gasteiger charge is 2.15. The maximum atomic E-state index is 10.3. The Labute approximate surface area is 63.8 Å². The average Bonchev–Trinajstić information content (AvgIpc) is 2.30. The van der Waals surface area contributed by atoms with Gasteiger partial charge in [0.25, 0.3) is 0 Å². The summed E-state index contributed by atoms with van der Waals surface area (Å²) in [5, 5.41) is 14.2. The summed E-state index contributed by atoms with van der Waals surface area (Å²) in [4.78, 5) is 9.87. The molecular formula is C6H8N3O2. The van der Waals surface area contributed by atoms with Crippen LogP contribution < -0.4 is 0 Å². The van der Waals surface area contributed by atoms with E-state index in [4.69, 9.17) is 0 Å². The van der Waals surface area contributed by atoms with Crippen LogP contribution >= 0.6 is 0 Å². The van der Waals surface area contributed by atoms with Crippen LogP contribution in [0.2, 0.25) is 0 Å². The van der Waals surface area contributed by atoms with E-state index in [-0.39, 0.29) is 5.69 Å². The second-order valence-electron chi connectivity index (χ2n) is 2.14. The molecule has 0 N–H and O–H groups in total. The highest BCUT2D eigenvalue weighted by atomic mass is 16.6. The molecule has 0 aliphatic heterocycles. The average molecular weight is 154 g/mol. The van der Waals surface area contributed by atoms with Gasteiger partial charge >= 0.3 is 5.69 Å². The van der Waals surface area contributed by atoms with E-state index in [9.17, 15) is 10.1 Å². The van der Waals surface area contributed by atoms with Gasteiger partial charge in [0.05, 0.1) is 4.92 Å². The van der Waals surface area contributed by atoms with Gasteiger partial charge in [-0.15, -0.1) is 0 Å². The molecule has 0 unspecified atom stereocenters. The quantitative estimate of drug-likeness (QED) is 0.465. The standard InChI is InChI=1S/C6H8N3O2/c1-3-5-6(9(10)11)4-8(2)7-5/h4H,1,3H2,2H3. The molecule has 59 valence electrons. The van der Waals surface area contributed by atoms with Crippen molar-refractivity contribution < 1.29 is 4.92 Å². The molecule has 0 spiro atoms. The fourth-order valence-electron chi connectivity index (χ4n) is 0.853. The zero-order chi connectivity index (χ0) is 8.43. The molecular weight excluding hydrogens is 146 g/mol. The molecule has 11 heavy (non-hydrogen) atoms. The predicted molar refractivity (Wildman–Crippen MR) is 38.9 cm³/mol. The summed E-state index contributed by atoms with van der Waals surface area (Å²) in [7, 11) is 1.64. The summed E-state index contributed by atoms with van der Waals surface area (Å²) in [6.45, 7) is 3.53. The molecule has 0 saturated heterocycles. The molecule has 1 rings (SSSR count). The third-order valence-corrected chi connectivity index (χ3v) is 1.32. The Morgan fingerprint density at radius 3 is 2.91 bits per heavy atom. The molecule has 1 heterocycles. The minimum Gasteiger partial charge on any atom is -0.268 e. The van der Waals surface area contributed by atoms with E-state index in [0.29, 0.717) is 12.1 Å². The van der Waals surface area contributed by atoms with Gasteiger partial charge in [-0.2, -0.15) is 5.10 Å². The van der Waals surface area contributed by atoms with Crippen molar-refractivity contribution in [3.05, 3.63) is 28.9 Å². The molecule has 0 atom stereocenters. The first-order chi connectivity index (χ1) is 5.15. The Morgan fingerprint density at radius 1 is 1.91 bits per heavy atom. The minimum atomic E-state index is -0.451. The molecule has 0 bridgehead atoms. The van der Waals surface area contributed by atoms with Crippen LogP contribution in [0.15, 0.2) is 6.20 Å². The summed E-state index contributed by atoms with van der Waals surface area (Å²) in [5.74, 6) is 0. The van der Waals surface area contributed by atoms with E-state index in [2.05, 4.69) is 12.0 Å². The Bertz CT molecular complexity index is 279. The Balaban J connectivity index is 3.12. The van der Waals surface area contributed by atoms with Crippen molar-refractivity contribution in [2.75, 3.05) is 0 Å². The largest absolute Gasteiger partial charge is 0.310 e. The van der Waals surface area contributed by atoms with Crippen molar-refractivity contribution in [1.82, 2.24) is 9.78 Å². The first-order valence-electron chi connectivity index (χ1n) is 3.11. The Morgan fingerprint density at radius 2 is 2.55 bits per heavy atom. The van der Waals surface area contributed by atoms with Gasteiger partial charge in [-0.05, 0) is 13.3 Å². The van der Waals surface area contributed by atoms with Crippen LogP contribution in [0.3, 0.4) is 0 Å². The van der Waals surface area contributed by atoms with Crippen LogP contribution in [0.5, 0.6) is 0 Å². The Kier molecular flexibility index (Phi) is 1.89. The molecule has 0 aliphatic rings. The van der Waals surface area contributed by atoms with Crippen LogP contribution in [0, 0.1) is 17.0 Å². The SMILES string of the molecule is [CH2]Cc1nn(C)cc1[N+](=O)[O-]. The molecule has 1 radical (unpaired) electrons. The van der Waals surface area contributed by atoms with Gasteiger partial charge in [0.2, 0.25) is 0 Å². The molecule has 0 saturated carbocycles. The van der Waals surface area contributed by atoms with Gasteiger partial charge in [-0.1, -0.05) is 0 Å². The van der Waals surface area contributed by atoms with Crippen LogP contribution in [0.4, 0.5) is 5.69 Å². The van der Waals surface area contributed by atoms with Crippen molar-refractivity contribution in [3.8, 4) is 0 Å². The molecule has 0 amide bonds. The van der Waals surface area contributed by atoms with Crippen molar-refractivity contribution in [1.29, 1.82) is 0 Å². The lowest BCUT2D eigenvalue weighted by Crippen LogP contribution is -1.91. The van der Waals surface area contributed by atoms with Crippen LogP contribution in [0.1, 0.15) is 5.69 Å². The van der Waals surface area contributed by atoms with Gasteiger partial charge < -0.3 is 0 Å². The first kappa shape index (κ1) is 7.71. The lowest BCUT2D eigenvalue weighted by atomic mass is 10.3. The molecule has 5 heteroatoms. The van der Waals surface area contributed by atoms with Crippen LogP contribution in [0.25, 0.3) is 0 Å². The van der Waals surface area contributed by atoms with Crippen molar-refractivity contribution in [3.63, 3.8) is 0 Å². The molecule has 5 nitrogen and oxygen atoms in total. The number of hydrogen-bond donors (Lipinski definition) is 0. The van der Waals surface area contributed by atoms with Crippen LogP contribution in [-0.4, -0.2) is 14.7 Å². The third kappa shape index (κ3) is 1.36. The number of rotatable bonds is 2. The van der Waals surface area contributed by atoms with Crippen LogP contribution in [-0.2, 0) is 13.5 Å². The van der Waals surface area contributed by atoms with Gasteiger partial charge in [0.15, 0.2) is 0 Å². The van der Waals surface area contributed by atoms with E-state index in [1.54, 1.807) is 7.05 Å². The molecule has 0 fully saturated rings. The number of aryl methyl sites for hydroxylation is 1.